The molecule has 0 amide bonds. The molecular formula is C13H9FN4O3. The number of hydrogen-bond acceptors (Lipinski definition) is 6. The second-order valence-corrected chi connectivity index (χ2v) is 3.94. The number of hydrazine groups is 1. The standard InChI is InChI=1S/C13H9FN4O3/c14-12-2-1-3-13(11(12)7-15)21-10-5-8(17-16)4-9(6-10)18(19)20/h1-6,17H,16H2. The van der Waals surface area contributed by atoms with Gasteiger partial charge < -0.3 is 10.2 Å². The summed E-state index contributed by atoms with van der Waals surface area (Å²) in [5.74, 6) is 4.50. The van der Waals surface area contributed by atoms with E-state index in [-0.39, 0.29) is 28.4 Å². The van der Waals surface area contributed by atoms with Gasteiger partial charge in [-0.15, -0.1) is 0 Å². The normalized spacial score (nSPS) is 9.76. The SMILES string of the molecule is N#Cc1c(F)cccc1Oc1cc(NN)cc([N+](=O)[O-])c1. The highest BCUT2D eigenvalue weighted by Crippen LogP contribution is 2.31. The smallest absolute Gasteiger partial charge is 0.275 e. The lowest BCUT2D eigenvalue weighted by atomic mass is 10.2. The molecule has 0 heterocycles. The fourth-order valence-corrected chi connectivity index (χ4v) is 1.66. The van der Waals surface area contributed by atoms with E-state index in [0.717, 1.165) is 12.1 Å². The van der Waals surface area contributed by atoms with Gasteiger partial charge in [0.15, 0.2) is 0 Å². The van der Waals surface area contributed by atoms with Crippen LogP contribution in [0, 0.1) is 27.3 Å². The van der Waals surface area contributed by atoms with Crippen molar-refractivity contribution in [1.82, 2.24) is 0 Å². The highest BCUT2D eigenvalue weighted by molar-refractivity contribution is 5.57. The molecule has 7 nitrogen and oxygen atoms in total. The lowest BCUT2D eigenvalue weighted by Crippen LogP contribution is -2.07. The second kappa shape index (κ2) is 5.85. The number of nitrogens with two attached hydrogens (primary N) is 1. The molecule has 0 aliphatic heterocycles. The molecule has 0 radical (unpaired) electrons. The van der Waals surface area contributed by atoms with E-state index in [1.165, 1.54) is 24.3 Å². The maximum Gasteiger partial charge on any atom is 0.275 e. The predicted molar refractivity (Wildman–Crippen MR) is 72.1 cm³/mol. The molecule has 0 bridgehead atoms. The van der Waals surface area contributed by atoms with Crippen LogP contribution in [0.2, 0.25) is 0 Å². The molecule has 0 atom stereocenters. The molecule has 21 heavy (non-hydrogen) atoms. The Labute approximate surface area is 118 Å². The van der Waals surface area contributed by atoms with Crippen LogP contribution in [0.15, 0.2) is 36.4 Å². The number of anilines is 1. The lowest BCUT2D eigenvalue weighted by Gasteiger charge is -2.09. The summed E-state index contributed by atoms with van der Waals surface area (Å²) in [6.07, 6.45) is 0. The van der Waals surface area contributed by atoms with Gasteiger partial charge in [0.05, 0.1) is 16.7 Å². The monoisotopic (exact) mass is 288 g/mol. The molecule has 106 valence electrons. The van der Waals surface area contributed by atoms with Crippen molar-refractivity contribution in [1.29, 1.82) is 5.26 Å². The van der Waals surface area contributed by atoms with Gasteiger partial charge in [-0.2, -0.15) is 5.26 Å². The van der Waals surface area contributed by atoms with E-state index in [0.29, 0.717) is 0 Å². The second-order valence-electron chi connectivity index (χ2n) is 3.94. The van der Waals surface area contributed by atoms with Crippen molar-refractivity contribution >= 4 is 11.4 Å². The number of halogens is 1. The van der Waals surface area contributed by atoms with Crippen LogP contribution in [-0.4, -0.2) is 4.92 Å². The zero-order valence-electron chi connectivity index (χ0n) is 10.5. The van der Waals surface area contributed by atoms with E-state index < -0.39 is 10.7 Å². The zero-order valence-corrected chi connectivity index (χ0v) is 10.5. The Kier molecular flexibility index (Phi) is 3.97. The van der Waals surface area contributed by atoms with Gasteiger partial charge in [0.1, 0.15) is 28.9 Å². The number of nitro benzene ring substituents is 1. The summed E-state index contributed by atoms with van der Waals surface area (Å²) in [5.41, 5.74) is 1.97. The van der Waals surface area contributed by atoms with E-state index in [4.69, 9.17) is 15.8 Å². The third-order valence-electron chi connectivity index (χ3n) is 2.58. The molecule has 3 N–H and O–H groups in total. The Hall–Kier alpha value is -3.18. The molecule has 0 fully saturated rings. The first kappa shape index (κ1) is 14.2. The molecule has 2 aromatic carbocycles. The number of non-ortho nitro benzene ring substituents is 1. The van der Waals surface area contributed by atoms with Crippen molar-refractivity contribution in [3.8, 4) is 17.6 Å². The predicted octanol–water partition coefficient (Wildman–Crippen LogP) is 2.68. The van der Waals surface area contributed by atoms with Crippen LogP contribution in [0.4, 0.5) is 15.8 Å². The minimum atomic E-state index is -0.738. The molecule has 0 unspecified atom stereocenters. The van der Waals surface area contributed by atoms with Crippen molar-refractivity contribution < 1.29 is 14.1 Å². The number of ether oxygens (including phenoxy) is 1. The first-order valence-electron chi connectivity index (χ1n) is 5.67. The molecule has 0 saturated carbocycles. The topological polar surface area (TPSA) is 114 Å². The van der Waals surface area contributed by atoms with Gasteiger partial charge in [-0.3, -0.25) is 16.0 Å². The highest BCUT2D eigenvalue weighted by atomic mass is 19.1. The maximum absolute atomic E-state index is 13.5. The largest absolute Gasteiger partial charge is 0.456 e. The van der Waals surface area contributed by atoms with Gasteiger partial charge in [-0.05, 0) is 12.1 Å². The van der Waals surface area contributed by atoms with E-state index in [2.05, 4.69) is 5.43 Å². The molecule has 0 aromatic heterocycles. The van der Waals surface area contributed by atoms with E-state index >= 15 is 0 Å². The van der Waals surface area contributed by atoms with Crippen LogP contribution < -0.4 is 16.0 Å². The summed E-state index contributed by atoms with van der Waals surface area (Å²) >= 11 is 0. The van der Waals surface area contributed by atoms with Gasteiger partial charge in [0.25, 0.3) is 5.69 Å². The van der Waals surface area contributed by atoms with Crippen LogP contribution in [0.5, 0.6) is 11.5 Å². The summed E-state index contributed by atoms with van der Waals surface area (Å²) in [4.78, 5) is 10.2. The van der Waals surface area contributed by atoms with E-state index in [1.807, 2.05) is 0 Å². The average molecular weight is 288 g/mol. The van der Waals surface area contributed by atoms with Crippen LogP contribution >= 0.6 is 0 Å². The number of nitrogens with zero attached hydrogens (tertiary/aromatic N) is 2. The highest BCUT2D eigenvalue weighted by Gasteiger charge is 2.14. The minimum absolute atomic E-state index is 0.0408. The van der Waals surface area contributed by atoms with Crippen LogP contribution in [-0.2, 0) is 0 Å². The molecule has 0 spiro atoms. The minimum Gasteiger partial charge on any atom is -0.456 e. The Bertz CT molecular complexity index is 743. The molecule has 0 aliphatic rings. The third kappa shape index (κ3) is 3.05. The molecule has 2 rings (SSSR count). The average Bonchev–Trinajstić information content (AvgIpc) is 2.47. The van der Waals surface area contributed by atoms with Crippen molar-refractivity contribution in [3.05, 3.63) is 57.9 Å². The van der Waals surface area contributed by atoms with Crippen LogP contribution in [0.3, 0.4) is 0 Å². The van der Waals surface area contributed by atoms with Gasteiger partial charge in [0, 0.05) is 12.1 Å². The number of nitriles is 1. The van der Waals surface area contributed by atoms with Crippen molar-refractivity contribution in [2.45, 2.75) is 0 Å². The fourth-order valence-electron chi connectivity index (χ4n) is 1.66. The van der Waals surface area contributed by atoms with E-state index in [1.54, 1.807) is 6.07 Å². The molecule has 0 saturated heterocycles. The van der Waals surface area contributed by atoms with Crippen LogP contribution in [0.25, 0.3) is 0 Å². The number of rotatable bonds is 4. The third-order valence-corrected chi connectivity index (χ3v) is 2.58. The quantitative estimate of drug-likeness (QED) is 0.508. The Balaban J connectivity index is 2.45. The van der Waals surface area contributed by atoms with Gasteiger partial charge >= 0.3 is 0 Å². The summed E-state index contributed by atoms with van der Waals surface area (Å²) < 4.78 is 18.8. The molecule has 0 aliphatic carbocycles. The van der Waals surface area contributed by atoms with Gasteiger partial charge in [-0.25, -0.2) is 4.39 Å². The number of nitrogen functional groups attached to an aromatic ring is 1. The fraction of sp³-hybridized carbons (Fsp3) is 0. The van der Waals surface area contributed by atoms with Gasteiger partial charge in [0.2, 0.25) is 0 Å². The summed E-state index contributed by atoms with van der Waals surface area (Å²) in [5, 5.41) is 19.7. The van der Waals surface area contributed by atoms with Crippen LogP contribution in [0.1, 0.15) is 5.56 Å². The summed E-state index contributed by atoms with van der Waals surface area (Å²) in [6.45, 7) is 0. The Morgan fingerprint density at radius 1 is 1.38 bits per heavy atom. The van der Waals surface area contributed by atoms with Gasteiger partial charge in [-0.1, -0.05) is 6.07 Å². The molecular weight excluding hydrogens is 279 g/mol. The zero-order chi connectivity index (χ0) is 15.4. The lowest BCUT2D eigenvalue weighted by molar-refractivity contribution is -0.384. The molecule has 2 aromatic rings. The summed E-state index contributed by atoms with van der Waals surface area (Å²) in [7, 11) is 0. The first-order chi connectivity index (χ1) is 10.0. The van der Waals surface area contributed by atoms with E-state index in [9.17, 15) is 14.5 Å². The number of benzene rings is 2. The Morgan fingerprint density at radius 2 is 2.14 bits per heavy atom. The number of nitrogens with one attached hydrogen (secondary N) is 1. The Morgan fingerprint density at radius 3 is 2.76 bits per heavy atom. The number of hydrogen-bond donors (Lipinski definition) is 2. The molecule has 8 heteroatoms. The van der Waals surface area contributed by atoms with Crippen molar-refractivity contribution in [2.24, 2.45) is 5.84 Å². The maximum atomic E-state index is 13.5. The van der Waals surface area contributed by atoms with Crippen molar-refractivity contribution in [2.75, 3.05) is 5.43 Å². The summed E-state index contributed by atoms with van der Waals surface area (Å²) in [6, 6.07) is 9.29. The van der Waals surface area contributed by atoms with Crippen molar-refractivity contribution in [3.63, 3.8) is 0 Å². The number of nitro groups is 1. The first-order valence-corrected chi connectivity index (χ1v) is 5.67.